The minimum absolute atomic E-state index is 0.103. The van der Waals surface area contributed by atoms with Gasteiger partial charge in [-0.25, -0.2) is 4.98 Å². The molecule has 1 aromatic heterocycles. The minimum Gasteiger partial charge on any atom is -0.380 e. The molecule has 2 aromatic carbocycles. The zero-order valence-corrected chi connectivity index (χ0v) is 17.3. The summed E-state index contributed by atoms with van der Waals surface area (Å²) in [5.41, 5.74) is 4.81. The number of benzene rings is 2. The molecule has 1 aliphatic heterocycles. The number of hydrogen-bond donors (Lipinski definition) is 1. The molecular weight excluding hydrogens is 362 g/mol. The number of fused-ring (bicyclic) bond motifs is 1. The van der Waals surface area contributed by atoms with Crippen LogP contribution in [0.2, 0.25) is 0 Å². The molecule has 0 spiro atoms. The highest BCUT2D eigenvalue weighted by Crippen LogP contribution is 2.28. The van der Waals surface area contributed by atoms with E-state index < -0.39 is 6.10 Å². The van der Waals surface area contributed by atoms with Gasteiger partial charge >= 0.3 is 0 Å². The number of aliphatic hydroxyl groups excluding tert-OH is 1. The van der Waals surface area contributed by atoms with Crippen LogP contribution in [0.3, 0.4) is 0 Å². The van der Waals surface area contributed by atoms with Gasteiger partial charge in [0.1, 0.15) is 18.5 Å². The number of hydrogen-bond acceptors (Lipinski definition) is 3. The fraction of sp³-hybridized carbons (Fsp3) is 0.417. The van der Waals surface area contributed by atoms with Crippen LogP contribution in [0.5, 0.6) is 0 Å². The van der Waals surface area contributed by atoms with Crippen molar-refractivity contribution in [1.82, 2.24) is 14.5 Å². The van der Waals surface area contributed by atoms with Gasteiger partial charge in [0.05, 0.1) is 11.0 Å². The van der Waals surface area contributed by atoms with Crippen LogP contribution >= 0.6 is 0 Å². The number of aliphatic hydroxyl groups is 1. The topological polar surface area (TPSA) is 58.4 Å². The number of aromatic nitrogens is 2. The number of amides is 1. The van der Waals surface area contributed by atoms with Crippen LogP contribution in [0.1, 0.15) is 54.3 Å². The van der Waals surface area contributed by atoms with Crippen LogP contribution in [-0.2, 0) is 11.3 Å². The van der Waals surface area contributed by atoms with E-state index in [0.717, 1.165) is 53.7 Å². The van der Waals surface area contributed by atoms with Crippen LogP contribution in [0.4, 0.5) is 0 Å². The molecule has 0 saturated carbocycles. The first kappa shape index (κ1) is 19.6. The third-order valence-electron chi connectivity index (χ3n) is 6.01. The van der Waals surface area contributed by atoms with Crippen molar-refractivity contribution in [3.8, 4) is 0 Å². The molecule has 152 valence electrons. The summed E-state index contributed by atoms with van der Waals surface area (Å²) in [4.78, 5) is 19.8. The zero-order chi connectivity index (χ0) is 20.4. The van der Waals surface area contributed by atoms with Crippen LogP contribution in [0.15, 0.2) is 42.5 Å². The second-order valence-electron chi connectivity index (χ2n) is 8.09. The van der Waals surface area contributed by atoms with Gasteiger partial charge in [-0.05, 0) is 55.5 Å². The summed E-state index contributed by atoms with van der Waals surface area (Å²) in [7, 11) is 0. The van der Waals surface area contributed by atoms with E-state index in [1.165, 1.54) is 12.8 Å². The number of carbonyl (C=O) groups is 1. The third kappa shape index (κ3) is 4.06. The Bertz CT molecular complexity index is 1000. The summed E-state index contributed by atoms with van der Waals surface area (Å²) in [6.45, 7) is 5.97. The first-order valence-electron chi connectivity index (χ1n) is 10.5. The van der Waals surface area contributed by atoms with Gasteiger partial charge in [-0.2, -0.15) is 0 Å². The number of aryl methyl sites for hydroxylation is 2. The number of carbonyl (C=O) groups excluding carboxylic acids is 1. The van der Waals surface area contributed by atoms with Gasteiger partial charge in [0.15, 0.2) is 0 Å². The molecule has 4 rings (SSSR count). The van der Waals surface area contributed by atoms with Gasteiger partial charge in [0.25, 0.3) is 0 Å². The number of nitrogens with zero attached hydrogens (tertiary/aromatic N) is 3. The number of rotatable bonds is 4. The Morgan fingerprint density at radius 2 is 1.69 bits per heavy atom. The van der Waals surface area contributed by atoms with Crippen LogP contribution in [0.25, 0.3) is 11.0 Å². The predicted octanol–water partition coefficient (Wildman–Crippen LogP) is 4.14. The maximum Gasteiger partial charge on any atom is 0.242 e. The van der Waals surface area contributed by atoms with Crippen LogP contribution in [0, 0.1) is 13.8 Å². The Morgan fingerprint density at radius 1 is 1.03 bits per heavy atom. The summed E-state index contributed by atoms with van der Waals surface area (Å²) in [5.74, 6) is 0.630. The average Bonchev–Trinajstić information content (AvgIpc) is 2.90. The van der Waals surface area contributed by atoms with Crippen molar-refractivity contribution >= 4 is 16.9 Å². The smallest absolute Gasteiger partial charge is 0.242 e. The fourth-order valence-electron chi connectivity index (χ4n) is 4.11. The van der Waals surface area contributed by atoms with E-state index in [1.54, 1.807) is 0 Å². The maximum absolute atomic E-state index is 13.1. The quantitative estimate of drug-likeness (QED) is 0.727. The first-order valence-corrected chi connectivity index (χ1v) is 10.5. The van der Waals surface area contributed by atoms with Gasteiger partial charge in [0, 0.05) is 13.1 Å². The molecule has 1 fully saturated rings. The molecule has 3 aromatic rings. The standard InChI is InChI=1S/C24H29N3O2/c1-17-14-20-21(15-18(17)2)27(16-22(28)26-12-8-3-4-9-13-26)24(25-20)23(29)19-10-6-5-7-11-19/h5-7,10-11,14-15,23,29H,3-4,8-9,12-13,16H2,1-2H3. The molecule has 1 amide bonds. The molecule has 0 aliphatic carbocycles. The zero-order valence-electron chi connectivity index (χ0n) is 17.3. The number of likely N-dealkylation sites (tertiary alicyclic amines) is 1. The third-order valence-corrected chi connectivity index (χ3v) is 6.01. The van der Waals surface area contributed by atoms with E-state index in [4.69, 9.17) is 4.98 Å². The highest BCUT2D eigenvalue weighted by atomic mass is 16.3. The number of imidazole rings is 1. The van der Waals surface area contributed by atoms with Gasteiger partial charge in [-0.15, -0.1) is 0 Å². The average molecular weight is 392 g/mol. The predicted molar refractivity (Wildman–Crippen MR) is 115 cm³/mol. The van der Waals surface area contributed by atoms with E-state index in [1.807, 2.05) is 45.9 Å². The van der Waals surface area contributed by atoms with E-state index >= 15 is 0 Å². The first-order chi connectivity index (χ1) is 14.0. The van der Waals surface area contributed by atoms with Crippen molar-refractivity contribution in [1.29, 1.82) is 0 Å². The molecule has 29 heavy (non-hydrogen) atoms. The van der Waals surface area contributed by atoms with Crippen molar-refractivity contribution in [2.24, 2.45) is 0 Å². The molecule has 1 aliphatic rings. The van der Waals surface area contributed by atoms with Crippen molar-refractivity contribution in [3.63, 3.8) is 0 Å². The SMILES string of the molecule is Cc1cc2nc(C(O)c3ccccc3)n(CC(=O)N3CCCCCC3)c2cc1C. The normalized spacial score (nSPS) is 16.0. The highest BCUT2D eigenvalue weighted by Gasteiger charge is 2.24. The van der Waals surface area contributed by atoms with E-state index in [-0.39, 0.29) is 12.5 Å². The van der Waals surface area contributed by atoms with Crippen molar-refractivity contribution < 1.29 is 9.90 Å². The minimum atomic E-state index is -0.874. The summed E-state index contributed by atoms with van der Waals surface area (Å²) < 4.78 is 1.91. The van der Waals surface area contributed by atoms with E-state index in [0.29, 0.717) is 5.82 Å². The van der Waals surface area contributed by atoms with Gasteiger partial charge in [-0.3, -0.25) is 4.79 Å². The van der Waals surface area contributed by atoms with Crippen LogP contribution in [-0.4, -0.2) is 38.6 Å². The monoisotopic (exact) mass is 391 g/mol. The lowest BCUT2D eigenvalue weighted by Gasteiger charge is -2.22. The van der Waals surface area contributed by atoms with Gasteiger partial charge in [-0.1, -0.05) is 43.2 Å². The van der Waals surface area contributed by atoms with E-state index in [2.05, 4.69) is 19.9 Å². The van der Waals surface area contributed by atoms with E-state index in [9.17, 15) is 9.90 Å². The van der Waals surface area contributed by atoms with Crippen molar-refractivity contribution in [2.45, 2.75) is 52.2 Å². The molecule has 1 N–H and O–H groups in total. The molecule has 1 saturated heterocycles. The Balaban J connectivity index is 1.75. The molecular formula is C24H29N3O2. The molecule has 0 radical (unpaired) electrons. The Morgan fingerprint density at radius 3 is 2.38 bits per heavy atom. The summed E-state index contributed by atoms with van der Waals surface area (Å²) in [6, 6.07) is 13.6. The van der Waals surface area contributed by atoms with Crippen molar-refractivity contribution in [3.05, 3.63) is 65.0 Å². The molecule has 1 atom stereocenters. The summed E-state index contributed by atoms with van der Waals surface area (Å²) in [5, 5.41) is 11.1. The lowest BCUT2D eigenvalue weighted by Crippen LogP contribution is -2.35. The Hall–Kier alpha value is -2.66. The molecule has 2 heterocycles. The second kappa shape index (κ2) is 8.37. The molecule has 0 bridgehead atoms. The van der Waals surface area contributed by atoms with Gasteiger partial charge < -0.3 is 14.6 Å². The lowest BCUT2D eigenvalue weighted by molar-refractivity contribution is -0.131. The fourth-order valence-corrected chi connectivity index (χ4v) is 4.11. The highest BCUT2D eigenvalue weighted by molar-refractivity contribution is 5.82. The second-order valence-corrected chi connectivity index (χ2v) is 8.09. The Kier molecular flexibility index (Phi) is 5.67. The van der Waals surface area contributed by atoms with Gasteiger partial charge in [0.2, 0.25) is 5.91 Å². The largest absolute Gasteiger partial charge is 0.380 e. The summed E-state index contributed by atoms with van der Waals surface area (Å²) >= 11 is 0. The maximum atomic E-state index is 13.1. The molecule has 5 nitrogen and oxygen atoms in total. The van der Waals surface area contributed by atoms with Crippen LogP contribution < -0.4 is 0 Å². The Labute approximate surface area is 172 Å². The van der Waals surface area contributed by atoms with Crippen molar-refractivity contribution in [2.75, 3.05) is 13.1 Å². The lowest BCUT2D eigenvalue weighted by atomic mass is 10.1. The summed E-state index contributed by atoms with van der Waals surface area (Å²) in [6.07, 6.45) is 3.63. The molecule has 1 unspecified atom stereocenters. The molecule has 5 heteroatoms.